The molecule has 0 amide bonds. The van der Waals surface area contributed by atoms with Crippen LogP contribution in [0.4, 0.5) is 30.7 Å². The Hall–Kier alpha value is -0.675. The number of methoxy groups -OCH3 is 1. The van der Waals surface area contributed by atoms with E-state index < -0.39 is 105 Å². The van der Waals surface area contributed by atoms with Gasteiger partial charge in [-0.2, -0.15) is 26.3 Å². The Balaban J connectivity index is 1.76. The summed E-state index contributed by atoms with van der Waals surface area (Å²) >= 11 is 0. The van der Waals surface area contributed by atoms with Gasteiger partial charge in [0.1, 0.15) is 0 Å². The number of hydrogen-bond acceptors (Lipinski definition) is 14. The number of alkyl halides is 6. The van der Waals surface area contributed by atoms with Gasteiger partial charge in [-0.25, -0.2) is 4.39 Å². The third-order valence-electron chi connectivity index (χ3n) is 12.8. The second kappa shape index (κ2) is 24.3. The molecule has 0 N–H and O–H groups in total. The Labute approximate surface area is 456 Å². The predicted molar refractivity (Wildman–Crippen MR) is 290 cm³/mol. The number of aryl methyl sites for hydroxylation is 1. The Kier molecular flexibility index (Phi) is 21.1. The molecule has 0 radical (unpaired) electrons. The molecule has 4 atom stereocenters. The van der Waals surface area contributed by atoms with Crippen LogP contribution in [0.1, 0.15) is 109 Å². The number of halogens is 7. The number of ether oxygens (including phenoxy) is 2. The molecule has 0 spiro atoms. The first kappa shape index (κ1) is 66.1. The molecule has 76 heavy (non-hydrogen) atoms. The van der Waals surface area contributed by atoms with E-state index in [1.54, 1.807) is 14.2 Å². The van der Waals surface area contributed by atoms with E-state index >= 15 is 0 Å². The highest BCUT2D eigenvalue weighted by Crippen LogP contribution is 2.60. The summed E-state index contributed by atoms with van der Waals surface area (Å²) in [5, 5.41) is 0. The van der Waals surface area contributed by atoms with Gasteiger partial charge in [-0.3, -0.25) is 0 Å². The van der Waals surface area contributed by atoms with Gasteiger partial charge in [-0.15, -0.1) is 0 Å². The fourth-order valence-electron chi connectivity index (χ4n) is 10.7. The molecule has 4 bridgehead atoms. The normalized spacial score (nSPS) is 32.7. The van der Waals surface area contributed by atoms with E-state index in [9.17, 15) is 30.7 Å². The maximum Gasteiger partial charge on any atom is 0.493 e. The molecule has 5 rings (SSSR count). The van der Waals surface area contributed by atoms with Crippen molar-refractivity contribution in [2.45, 2.75) is 189 Å². The molecule has 0 saturated carbocycles. The Morgan fingerprint density at radius 2 is 0.934 bits per heavy atom. The van der Waals surface area contributed by atoms with Gasteiger partial charge in [0.05, 0.1) is 7.11 Å². The SMILES string of the molecule is COc1cc(CCC[Si]23O[Si](C)(CC(C)C)O[Si]4(CC(C)C)O[Si](CC(C)C)(O[Si](CC(C)C)(OC)OC)O[Si](CC(C)C)(O[Si](C)(CC(C)C)O2)O[Si](CC(C)C)(O3)O4)ccc1OC1=C(F)C(F)(F)C(F)(F)C1(F)F. The van der Waals surface area contributed by atoms with Crippen LogP contribution in [-0.2, 0) is 56.4 Å². The third kappa shape index (κ3) is 14.9. The molecule has 3 saturated heterocycles. The zero-order valence-corrected chi connectivity index (χ0v) is 56.2. The first-order valence-electron chi connectivity index (χ1n) is 26.8. The van der Waals surface area contributed by atoms with Crippen molar-refractivity contribution < 1.29 is 90.2 Å². The van der Waals surface area contributed by atoms with Crippen molar-refractivity contribution in [3.8, 4) is 11.5 Å². The van der Waals surface area contributed by atoms with Crippen LogP contribution in [0, 0.1) is 41.4 Å². The van der Waals surface area contributed by atoms with Crippen molar-refractivity contribution in [3.63, 3.8) is 0 Å². The predicted octanol–water partition coefficient (Wildman–Crippen LogP) is 14.0. The average Bonchev–Trinajstić information content (AvgIpc) is 3.29. The molecule has 1 aromatic carbocycles. The molecule has 3 fully saturated rings. The Morgan fingerprint density at radius 1 is 0.513 bits per heavy atom. The molecule has 440 valence electrons. The fraction of sp³-hybridized carbons (Fsp3) is 0.830. The van der Waals surface area contributed by atoms with E-state index in [0.29, 0.717) is 48.2 Å². The zero-order valence-electron chi connectivity index (χ0n) is 48.2. The first-order valence-corrected chi connectivity index (χ1v) is 43.4. The topological polar surface area (TPSA) is 129 Å². The summed E-state index contributed by atoms with van der Waals surface area (Å²) in [7, 11) is -27.7. The van der Waals surface area contributed by atoms with Crippen molar-refractivity contribution in [1.29, 1.82) is 0 Å². The summed E-state index contributed by atoms with van der Waals surface area (Å²) in [4.78, 5) is 0. The van der Waals surface area contributed by atoms with Crippen LogP contribution >= 0.6 is 0 Å². The second-order valence-electron chi connectivity index (χ2n) is 24.3. The lowest BCUT2D eigenvalue weighted by molar-refractivity contribution is -0.272. The van der Waals surface area contributed by atoms with Crippen LogP contribution in [0.5, 0.6) is 11.5 Å². The first-order chi connectivity index (χ1) is 34.8. The summed E-state index contributed by atoms with van der Waals surface area (Å²) in [5.74, 6) is -24.1. The molecule has 3 heterocycles. The van der Waals surface area contributed by atoms with Crippen LogP contribution < -0.4 is 9.47 Å². The lowest BCUT2D eigenvalue weighted by Crippen LogP contribution is -2.82. The Morgan fingerprint density at radius 3 is 1.32 bits per heavy atom. The summed E-state index contributed by atoms with van der Waals surface area (Å²) < 4.78 is 202. The van der Waals surface area contributed by atoms with Gasteiger partial charge in [0.2, 0.25) is 11.6 Å². The van der Waals surface area contributed by atoms with Crippen LogP contribution in [0.15, 0.2) is 29.8 Å². The van der Waals surface area contributed by atoms with E-state index in [4.69, 9.17) is 59.5 Å². The molecule has 3 aliphatic heterocycles. The van der Waals surface area contributed by atoms with E-state index in [1.807, 2.05) is 13.1 Å². The van der Waals surface area contributed by atoms with Gasteiger partial charge in [0.25, 0.3) is 0 Å². The van der Waals surface area contributed by atoms with Gasteiger partial charge in [-0.05, 0) is 97.1 Å². The van der Waals surface area contributed by atoms with Crippen LogP contribution in [0.25, 0.3) is 0 Å². The van der Waals surface area contributed by atoms with Gasteiger partial charge in [-0.1, -0.05) is 103 Å². The highest BCUT2D eigenvalue weighted by molar-refractivity contribution is 7.00. The van der Waals surface area contributed by atoms with E-state index in [2.05, 4.69) is 96.9 Å². The maximum atomic E-state index is 14.7. The Bertz CT molecular complexity index is 2110. The zero-order chi connectivity index (χ0) is 57.5. The minimum absolute atomic E-state index is 0.0369. The van der Waals surface area contributed by atoms with Gasteiger partial charge in [0.15, 0.2) is 11.5 Å². The van der Waals surface area contributed by atoms with Gasteiger partial charge >= 0.3 is 87.7 Å². The van der Waals surface area contributed by atoms with Crippen molar-refractivity contribution in [2.75, 3.05) is 21.3 Å². The third-order valence-corrected chi connectivity index (χ3v) is 51.5. The van der Waals surface area contributed by atoms with Crippen LogP contribution in [0.2, 0.25) is 61.4 Å². The van der Waals surface area contributed by atoms with Crippen molar-refractivity contribution in [1.82, 2.24) is 0 Å². The fourth-order valence-corrected chi connectivity index (χ4v) is 58.4. The maximum absolute atomic E-state index is 14.7. The van der Waals surface area contributed by atoms with Gasteiger partial charge < -0.3 is 59.5 Å². The van der Waals surface area contributed by atoms with E-state index in [-0.39, 0.29) is 65.7 Å². The molecule has 0 aromatic heterocycles. The summed E-state index contributed by atoms with van der Waals surface area (Å²) in [6.07, 6.45) is 0.547. The molecule has 1 aliphatic carbocycles. The number of hydrogen-bond donors (Lipinski definition) is 0. The number of benzene rings is 1. The molecule has 4 aliphatic rings. The minimum Gasteiger partial charge on any atom is -0.493 e. The van der Waals surface area contributed by atoms with Gasteiger partial charge in [0, 0.05) is 50.5 Å². The summed E-state index contributed by atoms with van der Waals surface area (Å²) in [6, 6.07) is 6.71. The molecular formula is C47H87F7O14Si8. The highest BCUT2D eigenvalue weighted by Gasteiger charge is 2.83. The molecule has 29 heteroatoms. The molecule has 14 nitrogen and oxygen atoms in total. The van der Waals surface area contributed by atoms with E-state index in [0.717, 1.165) is 13.2 Å². The van der Waals surface area contributed by atoms with Crippen molar-refractivity contribution in [2.24, 2.45) is 41.4 Å². The second-order valence-corrected chi connectivity index (χ2v) is 49.4. The molecule has 4 unspecified atom stereocenters. The summed E-state index contributed by atoms with van der Waals surface area (Å²) in [5.41, 5.74) is 0.531. The minimum atomic E-state index is -6.07. The van der Waals surface area contributed by atoms with Crippen molar-refractivity contribution >= 4 is 69.9 Å². The number of fused-ring (bicyclic) bond motifs is 3. The number of rotatable bonds is 25. The van der Waals surface area contributed by atoms with Crippen LogP contribution in [-0.4, -0.2) is 109 Å². The summed E-state index contributed by atoms with van der Waals surface area (Å²) in [6.45, 7) is 33.2. The van der Waals surface area contributed by atoms with Crippen molar-refractivity contribution in [3.05, 3.63) is 35.3 Å². The largest absolute Gasteiger partial charge is 0.493 e. The van der Waals surface area contributed by atoms with E-state index in [1.165, 1.54) is 12.1 Å². The average molecular weight is 1230 g/mol. The lowest BCUT2D eigenvalue weighted by atomic mass is 10.1. The lowest BCUT2D eigenvalue weighted by Gasteiger charge is -2.59. The standard InChI is InChI=1S/C47H87F7O14Si8/c1-33(2)26-69(18)59-71(24-20-21-40-22-23-41(42(25-40)55-15)58-44-43(48)45(49,50)47(53,54)46(44,51)52)60-70(19,27-34(3)4)62-74(30-37(9)10)66-75(63-71,31-38(11)12)65-73(61-69,29-36(7)8)67-76(68-74,32-39(13)14)64-72(56-16,57-17)28-35(5)6/h22-23,25,33-39H,20-21,24,26-32H2,1-19H3. The molecule has 1 aromatic rings. The molecular weight excluding hydrogens is 1150 g/mol. The highest BCUT2D eigenvalue weighted by atomic mass is 28.6. The van der Waals surface area contributed by atoms with Crippen LogP contribution in [0.3, 0.4) is 0 Å². The quantitative estimate of drug-likeness (QED) is 0.0680. The number of allylic oxidation sites excluding steroid dienone is 2. The smallest absolute Gasteiger partial charge is 0.493 e. The monoisotopic (exact) mass is 1230 g/mol.